The molecule has 0 fully saturated rings. The van der Waals surface area contributed by atoms with Crippen LogP contribution in [-0.4, -0.2) is 29.8 Å². The van der Waals surface area contributed by atoms with Gasteiger partial charge in [0.25, 0.3) is 5.69 Å². The topological polar surface area (TPSA) is 101 Å². The summed E-state index contributed by atoms with van der Waals surface area (Å²) in [5.74, 6) is -0.692. The number of hydrogen-bond donors (Lipinski definition) is 2. The number of amides is 2. The third-order valence-corrected chi connectivity index (χ3v) is 2.50. The molecule has 0 aliphatic rings. The largest absolute Gasteiger partial charge is 0.355 e. The van der Waals surface area contributed by atoms with Crippen LogP contribution in [0.15, 0.2) is 30.3 Å². The van der Waals surface area contributed by atoms with Gasteiger partial charge in [0, 0.05) is 24.8 Å². The van der Waals surface area contributed by atoms with Crippen LogP contribution >= 0.6 is 0 Å². The Labute approximate surface area is 122 Å². The molecule has 1 aromatic rings. The van der Waals surface area contributed by atoms with E-state index in [1.807, 2.05) is 6.92 Å². The smallest absolute Gasteiger partial charge is 0.270 e. The van der Waals surface area contributed by atoms with E-state index in [9.17, 15) is 19.7 Å². The zero-order valence-corrected chi connectivity index (χ0v) is 11.7. The molecule has 0 saturated carbocycles. The predicted molar refractivity (Wildman–Crippen MR) is 78.4 cm³/mol. The van der Waals surface area contributed by atoms with Crippen LogP contribution in [0.2, 0.25) is 0 Å². The van der Waals surface area contributed by atoms with E-state index in [0.29, 0.717) is 12.1 Å². The number of nitrogens with zero attached hydrogens (tertiary/aromatic N) is 1. The highest BCUT2D eigenvalue weighted by Gasteiger charge is 2.05. The van der Waals surface area contributed by atoms with E-state index >= 15 is 0 Å². The Balaban J connectivity index is 2.49. The lowest BCUT2D eigenvalue weighted by molar-refractivity contribution is -0.384. The lowest BCUT2D eigenvalue weighted by Gasteiger charge is -2.03. The molecule has 0 aliphatic carbocycles. The molecule has 0 saturated heterocycles. The number of rotatable bonds is 7. The molecule has 1 aromatic carbocycles. The van der Waals surface area contributed by atoms with Crippen molar-refractivity contribution in [3.05, 3.63) is 46.0 Å². The Morgan fingerprint density at radius 2 is 2.10 bits per heavy atom. The van der Waals surface area contributed by atoms with Crippen LogP contribution in [0.25, 0.3) is 6.08 Å². The first-order valence-electron chi connectivity index (χ1n) is 6.50. The van der Waals surface area contributed by atoms with Crippen LogP contribution in [0.5, 0.6) is 0 Å². The predicted octanol–water partition coefficient (Wildman–Crippen LogP) is 1.25. The maximum absolute atomic E-state index is 11.5. The lowest BCUT2D eigenvalue weighted by Crippen LogP contribution is -2.36. The third kappa shape index (κ3) is 6.33. The van der Waals surface area contributed by atoms with Crippen molar-refractivity contribution in [3.63, 3.8) is 0 Å². The second kappa shape index (κ2) is 8.47. The Hall–Kier alpha value is -2.70. The monoisotopic (exact) mass is 291 g/mol. The molecule has 7 heteroatoms. The molecule has 2 amide bonds. The fourth-order valence-corrected chi connectivity index (χ4v) is 1.47. The fourth-order valence-electron chi connectivity index (χ4n) is 1.47. The molecular weight excluding hydrogens is 274 g/mol. The number of hydrogen-bond acceptors (Lipinski definition) is 4. The summed E-state index contributed by atoms with van der Waals surface area (Å²) in [6.07, 6.45) is 3.50. The van der Waals surface area contributed by atoms with Gasteiger partial charge >= 0.3 is 0 Å². The van der Waals surface area contributed by atoms with Gasteiger partial charge in [-0.05, 0) is 18.1 Å². The molecule has 0 radical (unpaired) electrons. The van der Waals surface area contributed by atoms with E-state index < -0.39 is 10.8 Å². The highest BCUT2D eigenvalue weighted by Crippen LogP contribution is 2.13. The van der Waals surface area contributed by atoms with E-state index in [1.54, 1.807) is 6.07 Å². The molecule has 112 valence electrons. The Morgan fingerprint density at radius 1 is 1.33 bits per heavy atom. The molecule has 2 N–H and O–H groups in total. The van der Waals surface area contributed by atoms with Crippen molar-refractivity contribution in [2.24, 2.45) is 0 Å². The van der Waals surface area contributed by atoms with Gasteiger partial charge in [-0.3, -0.25) is 19.7 Å². The average Bonchev–Trinajstić information content (AvgIpc) is 2.49. The van der Waals surface area contributed by atoms with Crippen molar-refractivity contribution in [1.29, 1.82) is 0 Å². The van der Waals surface area contributed by atoms with Crippen molar-refractivity contribution >= 4 is 23.6 Å². The summed E-state index contributed by atoms with van der Waals surface area (Å²) in [6.45, 7) is 2.40. The summed E-state index contributed by atoms with van der Waals surface area (Å²) in [7, 11) is 0. The first-order valence-corrected chi connectivity index (χ1v) is 6.50. The highest BCUT2D eigenvalue weighted by molar-refractivity contribution is 5.94. The quantitative estimate of drug-likeness (QED) is 0.448. The maximum atomic E-state index is 11.5. The molecule has 21 heavy (non-hydrogen) atoms. The van der Waals surface area contributed by atoms with Gasteiger partial charge in [-0.1, -0.05) is 19.1 Å². The number of nitrogens with one attached hydrogen (secondary N) is 2. The minimum atomic E-state index is -0.504. The number of carbonyl (C=O) groups excluding carboxylic acids is 2. The van der Waals surface area contributed by atoms with Crippen molar-refractivity contribution < 1.29 is 14.5 Å². The van der Waals surface area contributed by atoms with Crippen LogP contribution in [0, 0.1) is 10.1 Å². The van der Waals surface area contributed by atoms with Crippen molar-refractivity contribution in [3.8, 4) is 0 Å². The zero-order valence-electron chi connectivity index (χ0n) is 11.7. The summed E-state index contributed by atoms with van der Waals surface area (Å²) in [4.78, 5) is 32.9. The van der Waals surface area contributed by atoms with Gasteiger partial charge < -0.3 is 10.6 Å². The molecule has 0 aliphatic heterocycles. The average molecular weight is 291 g/mol. The number of benzene rings is 1. The normalized spacial score (nSPS) is 10.3. The van der Waals surface area contributed by atoms with E-state index in [1.165, 1.54) is 30.4 Å². The number of carbonyl (C=O) groups is 2. The number of nitro groups is 1. The number of non-ortho nitro benzene ring substituents is 1. The maximum Gasteiger partial charge on any atom is 0.270 e. The Bertz CT molecular complexity index is 555. The molecule has 0 aromatic heterocycles. The van der Waals surface area contributed by atoms with Gasteiger partial charge in [-0.2, -0.15) is 0 Å². The van der Waals surface area contributed by atoms with Gasteiger partial charge in [0.1, 0.15) is 0 Å². The summed E-state index contributed by atoms with van der Waals surface area (Å²) >= 11 is 0. The second-order valence-electron chi connectivity index (χ2n) is 4.25. The lowest BCUT2D eigenvalue weighted by atomic mass is 10.2. The second-order valence-corrected chi connectivity index (χ2v) is 4.25. The minimum Gasteiger partial charge on any atom is -0.355 e. The fraction of sp³-hybridized carbons (Fsp3) is 0.286. The molecular formula is C14H17N3O4. The minimum absolute atomic E-state index is 0.0449. The Morgan fingerprint density at radius 3 is 2.76 bits per heavy atom. The van der Waals surface area contributed by atoms with Gasteiger partial charge in [0.2, 0.25) is 11.8 Å². The van der Waals surface area contributed by atoms with Crippen LogP contribution in [-0.2, 0) is 9.59 Å². The van der Waals surface area contributed by atoms with Gasteiger partial charge in [0.15, 0.2) is 0 Å². The summed E-state index contributed by atoms with van der Waals surface area (Å²) < 4.78 is 0. The van der Waals surface area contributed by atoms with E-state index in [2.05, 4.69) is 10.6 Å². The van der Waals surface area contributed by atoms with Crippen LogP contribution < -0.4 is 10.6 Å². The van der Waals surface area contributed by atoms with E-state index in [0.717, 1.165) is 6.42 Å². The van der Waals surface area contributed by atoms with Gasteiger partial charge in [-0.15, -0.1) is 0 Å². The number of nitro benzene ring substituents is 1. The van der Waals surface area contributed by atoms with Crippen molar-refractivity contribution in [2.45, 2.75) is 13.3 Å². The SMILES string of the molecule is CCCNC(=O)CNC(=O)/C=C/c1cccc([N+](=O)[O-])c1. The van der Waals surface area contributed by atoms with Crippen molar-refractivity contribution in [2.75, 3.05) is 13.1 Å². The molecule has 7 nitrogen and oxygen atoms in total. The summed E-state index contributed by atoms with van der Waals surface area (Å²) in [6, 6.07) is 5.91. The molecule has 0 spiro atoms. The van der Waals surface area contributed by atoms with Crippen molar-refractivity contribution in [1.82, 2.24) is 10.6 Å². The van der Waals surface area contributed by atoms with Gasteiger partial charge in [0.05, 0.1) is 11.5 Å². The van der Waals surface area contributed by atoms with E-state index in [4.69, 9.17) is 0 Å². The van der Waals surface area contributed by atoms with Crippen LogP contribution in [0.3, 0.4) is 0 Å². The molecule has 0 atom stereocenters. The molecule has 0 bridgehead atoms. The summed E-state index contributed by atoms with van der Waals surface area (Å²) in [5.41, 5.74) is 0.492. The molecule has 0 unspecified atom stereocenters. The van der Waals surface area contributed by atoms with Crippen LogP contribution in [0.1, 0.15) is 18.9 Å². The standard InChI is InChI=1S/C14H17N3O4/c1-2-8-15-14(19)10-16-13(18)7-6-11-4-3-5-12(9-11)17(20)21/h3-7,9H,2,8,10H2,1H3,(H,15,19)(H,16,18)/b7-6+. The Kier molecular flexibility index (Phi) is 6.59. The molecule has 0 heterocycles. The van der Waals surface area contributed by atoms with Crippen LogP contribution in [0.4, 0.5) is 5.69 Å². The third-order valence-electron chi connectivity index (χ3n) is 2.50. The summed E-state index contributed by atoms with van der Waals surface area (Å²) in [5, 5.41) is 15.7. The first-order chi connectivity index (χ1) is 10.0. The molecule has 1 rings (SSSR count). The highest BCUT2D eigenvalue weighted by atomic mass is 16.6. The first kappa shape index (κ1) is 16.4. The van der Waals surface area contributed by atoms with Gasteiger partial charge in [-0.25, -0.2) is 0 Å². The van der Waals surface area contributed by atoms with E-state index in [-0.39, 0.29) is 18.1 Å². The zero-order chi connectivity index (χ0) is 15.7.